The Kier molecular flexibility index (Phi) is 3.79. The van der Waals surface area contributed by atoms with Crippen molar-refractivity contribution in [1.29, 1.82) is 0 Å². The lowest BCUT2D eigenvalue weighted by Gasteiger charge is -2.14. The smallest absolute Gasteiger partial charge is 0.328 e. The zero-order valence-corrected chi connectivity index (χ0v) is 10.7. The number of amides is 1. The van der Waals surface area contributed by atoms with Gasteiger partial charge in [-0.05, 0) is 6.07 Å². The van der Waals surface area contributed by atoms with Gasteiger partial charge in [0.2, 0.25) is 5.91 Å². The van der Waals surface area contributed by atoms with Crippen LogP contribution in [0.4, 0.5) is 0 Å². The number of carbonyl (C=O) groups is 2. The number of nitrogens with zero attached hydrogens (tertiary/aromatic N) is 2. The highest BCUT2D eigenvalue weighted by Gasteiger charge is 2.20. The molecule has 1 aromatic carbocycles. The molecule has 0 saturated heterocycles. The molecule has 1 unspecified atom stereocenters. The van der Waals surface area contributed by atoms with Crippen LogP contribution in [0.1, 0.15) is 6.92 Å². The fraction of sp³-hybridized carbons (Fsp3) is 0.231. The molecule has 2 aromatic rings. The van der Waals surface area contributed by atoms with Gasteiger partial charge in [0.05, 0.1) is 18.1 Å². The number of benzene rings is 1. The quantitative estimate of drug-likeness (QED) is 0.817. The summed E-state index contributed by atoms with van der Waals surface area (Å²) in [4.78, 5) is 34.2. The van der Waals surface area contributed by atoms with Crippen molar-refractivity contribution in [2.24, 2.45) is 0 Å². The normalized spacial score (nSPS) is 12.1. The van der Waals surface area contributed by atoms with Crippen molar-refractivity contribution in [3.8, 4) is 0 Å². The van der Waals surface area contributed by atoms with Gasteiger partial charge in [-0.1, -0.05) is 18.2 Å². The number of aliphatic carboxylic acids is 1. The summed E-state index contributed by atoms with van der Waals surface area (Å²) in [6.45, 7) is 0.991. The third kappa shape index (κ3) is 2.82. The second-order valence-electron chi connectivity index (χ2n) is 4.31. The zero-order chi connectivity index (χ0) is 14.7. The van der Waals surface area contributed by atoms with E-state index >= 15 is 0 Å². The number of carboxylic acids is 1. The van der Waals surface area contributed by atoms with Crippen LogP contribution >= 0.6 is 0 Å². The highest BCUT2D eigenvalue weighted by atomic mass is 16.4. The lowest BCUT2D eigenvalue weighted by Crippen LogP contribution is -2.45. The second kappa shape index (κ2) is 5.52. The first-order valence-corrected chi connectivity index (χ1v) is 5.94. The molecule has 1 amide bonds. The molecule has 0 spiro atoms. The molecule has 0 radical (unpaired) electrons. The number of nitrogens with one attached hydrogen (secondary N) is 1. The summed E-state index contributed by atoms with van der Waals surface area (Å²) in [5.41, 5.74) is -0.389. The first kappa shape index (κ1) is 13.7. The molecular weight excluding hydrogens is 262 g/mol. The summed E-state index contributed by atoms with van der Waals surface area (Å²) in [5.74, 6) is -1.70. The molecule has 7 nitrogen and oxygen atoms in total. The van der Waals surface area contributed by atoms with Crippen LogP contribution in [0.15, 0.2) is 35.3 Å². The average molecular weight is 275 g/mol. The van der Waals surface area contributed by atoms with E-state index in [2.05, 4.69) is 10.4 Å². The van der Waals surface area contributed by atoms with Crippen LogP contribution in [0.3, 0.4) is 0 Å². The lowest BCUT2D eigenvalue weighted by molar-refractivity contribution is -0.142. The van der Waals surface area contributed by atoms with Crippen LogP contribution < -0.4 is 10.9 Å². The molecule has 2 rings (SSSR count). The van der Waals surface area contributed by atoms with Gasteiger partial charge in [0.15, 0.2) is 0 Å². The van der Waals surface area contributed by atoms with Crippen molar-refractivity contribution >= 4 is 22.6 Å². The minimum absolute atomic E-state index is 0.224. The molecule has 0 aliphatic rings. The van der Waals surface area contributed by atoms with Gasteiger partial charge in [-0.15, -0.1) is 0 Å². The Morgan fingerprint density at radius 2 is 2.10 bits per heavy atom. The van der Waals surface area contributed by atoms with Crippen LogP contribution in [-0.4, -0.2) is 32.8 Å². The van der Waals surface area contributed by atoms with E-state index in [4.69, 9.17) is 5.11 Å². The maximum atomic E-state index is 12.2. The summed E-state index contributed by atoms with van der Waals surface area (Å²) >= 11 is 0. The number of rotatable bonds is 4. The number of aromatic nitrogens is 2. The van der Waals surface area contributed by atoms with Gasteiger partial charge in [0, 0.05) is 12.3 Å². The van der Waals surface area contributed by atoms with Gasteiger partial charge in [-0.3, -0.25) is 9.59 Å². The van der Waals surface area contributed by atoms with E-state index in [-0.39, 0.29) is 12.1 Å². The van der Waals surface area contributed by atoms with Crippen molar-refractivity contribution in [3.63, 3.8) is 0 Å². The van der Waals surface area contributed by atoms with E-state index in [0.29, 0.717) is 10.8 Å². The summed E-state index contributed by atoms with van der Waals surface area (Å²) in [6, 6.07) is 5.70. The van der Waals surface area contributed by atoms with Crippen molar-refractivity contribution in [2.45, 2.75) is 19.5 Å². The van der Waals surface area contributed by atoms with E-state index in [1.807, 2.05) is 0 Å². The fourth-order valence-electron chi connectivity index (χ4n) is 1.86. The summed E-state index contributed by atoms with van der Waals surface area (Å²) in [5, 5.41) is 16.4. The molecule has 104 valence electrons. The Labute approximate surface area is 113 Å². The molecule has 7 heteroatoms. The van der Waals surface area contributed by atoms with Crippen LogP contribution in [0.2, 0.25) is 0 Å². The summed E-state index contributed by atoms with van der Waals surface area (Å²) in [6.07, 6.45) is 1.49. The fourth-order valence-corrected chi connectivity index (χ4v) is 1.86. The van der Waals surface area contributed by atoms with Gasteiger partial charge in [-0.25, -0.2) is 9.48 Å². The van der Waals surface area contributed by atoms with Crippen molar-refractivity contribution in [3.05, 3.63) is 40.8 Å². The largest absolute Gasteiger partial charge is 0.480 e. The molecule has 2 N–H and O–H groups in total. The molecule has 1 atom stereocenters. The maximum Gasteiger partial charge on any atom is 0.328 e. The first-order chi connectivity index (χ1) is 9.49. The number of carboxylic acid groups (broad SMARTS) is 1. The minimum Gasteiger partial charge on any atom is -0.480 e. The molecule has 0 fully saturated rings. The molecule has 0 saturated carbocycles. The predicted octanol–water partition coefficient (Wildman–Crippen LogP) is -0.0142. The van der Waals surface area contributed by atoms with Crippen molar-refractivity contribution < 1.29 is 14.7 Å². The van der Waals surface area contributed by atoms with Gasteiger partial charge in [-0.2, -0.15) is 5.10 Å². The van der Waals surface area contributed by atoms with Gasteiger partial charge in [0.25, 0.3) is 5.56 Å². The topological polar surface area (TPSA) is 101 Å². The Morgan fingerprint density at radius 1 is 1.40 bits per heavy atom. The number of hydrogen-bond donors (Lipinski definition) is 2. The van der Waals surface area contributed by atoms with E-state index in [9.17, 15) is 14.4 Å². The average Bonchev–Trinajstić information content (AvgIpc) is 2.40. The standard InChI is InChI=1S/C13H13N3O4/c1-8(17)15-11(13(19)20)7-16-12(18)10-5-3-2-4-9(10)6-14-16/h2-6,11H,7H2,1H3,(H,15,17)(H,19,20). The Hall–Kier alpha value is -2.70. The highest BCUT2D eigenvalue weighted by Crippen LogP contribution is 2.06. The second-order valence-corrected chi connectivity index (χ2v) is 4.31. The lowest BCUT2D eigenvalue weighted by atomic mass is 10.2. The molecular formula is C13H13N3O4. The summed E-state index contributed by atoms with van der Waals surface area (Å²) in [7, 11) is 0. The monoisotopic (exact) mass is 275 g/mol. The zero-order valence-electron chi connectivity index (χ0n) is 10.7. The molecule has 1 heterocycles. The Bertz CT molecular complexity index is 723. The van der Waals surface area contributed by atoms with Crippen LogP contribution in [0, 0.1) is 0 Å². The molecule has 20 heavy (non-hydrogen) atoms. The van der Waals surface area contributed by atoms with Gasteiger partial charge < -0.3 is 10.4 Å². The highest BCUT2D eigenvalue weighted by molar-refractivity contribution is 5.82. The van der Waals surface area contributed by atoms with E-state index in [1.165, 1.54) is 13.1 Å². The summed E-state index contributed by atoms with van der Waals surface area (Å²) < 4.78 is 1.04. The van der Waals surface area contributed by atoms with E-state index in [1.54, 1.807) is 24.3 Å². The van der Waals surface area contributed by atoms with Crippen molar-refractivity contribution in [2.75, 3.05) is 0 Å². The SMILES string of the molecule is CC(=O)NC(Cn1ncc2ccccc2c1=O)C(=O)O. The number of fused-ring (bicyclic) bond motifs is 1. The molecule has 0 bridgehead atoms. The number of carbonyl (C=O) groups excluding carboxylic acids is 1. The molecule has 1 aromatic heterocycles. The predicted molar refractivity (Wildman–Crippen MR) is 71.2 cm³/mol. The minimum atomic E-state index is -1.22. The maximum absolute atomic E-state index is 12.2. The first-order valence-electron chi connectivity index (χ1n) is 5.94. The molecule has 0 aliphatic heterocycles. The third-order valence-electron chi connectivity index (χ3n) is 2.79. The Balaban J connectivity index is 2.38. The van der Waals surface area contributed by atoms with Gasteiger partial charge in [0.1, 0.15) is 6.04 Å². The van der Waals surface area contributed by atoms with Crippen LogP contribution in [0.25, 0.3) is 10.8 Å². The van der Waals surface area contributed by atoms with Crippen molar-refractivity contribution in [1.82, 2.24) is 15.1 Å². The van der Waals surface area contributed by atoms with E-state index in [0.717, 1.165) is 4.68 Å². The van der Waals surface area contributed by atoms with Crippen LogP contribution in [-0.2, 0) is 16.1 Å². The van der Waals surface area contributed by atoms with Gasteiger partial charge >= 0.3 is 5.97 Å². The molecule has 0 aliphatic carbocycles. The van der Waals surface area contributed by atoms with Crippen LogP contribution in [0.5, 0.6) is 0 Å². The number of hydrogen-bond acceptors (Lipinski definition) is 4. The van der Waals surface area contributed by atoms with E-state index < -0.39 is 17.9 Å². The Morgan fingerprint density at radius 3 is 2.75 bits per heavy atom. The third-order valence-corrected chi connectivity index (χ3v) is 2.79.